The monoisotopic (exact) mass is 176 g/mol. The van der Waals surface area contributed by atoms with Gasteiger partial charge < -0.3 is 5.11 Å². The van der Waals surface area contributed by atoms with Crippen molar-refractivity contribution >= 4 is 0 Å². The van der Waals surface area contributed by atoms with Crippen molar-refractivity contribution in [2.24, 2.45) is 0 Å². The average Bonchev–Trinajstić information content (AvgIpc) is 2.15. The summed E-state index contributed by atoms with van der Waals surface area (Å²) in [6.45, 7) is 5.52. The molecule has 0 spiro atoms. The summed E-state index contributed by atoms with van der Waals surface area (Å²) in [5.41, 5.74) is 1.18. The number of allylic oxidation sites excluding steroid dienone is 1. The summed E-state index contributed by atoms with van der Waals surface area (Å²) in [5.74, 6) is 0.179. The lowest BCUT2D eigenvalue weighted by Gasteiger charge is -2.18. The van der Waals surface area contributed by atoms with Gasteiger partial charge in [-0.25, -0.2) is 0 Å². The van der Waals surface area contributed by atoms with Crippen molar-refractivity contribution in [3.05, 3.63) is 48.6 Å². The second kappa shape index (κ2) is 4.83. The molecule has 0 unspecified atom stereocenters. The molecular weight excluding hydrogens is 160 g/mol. The molecule has 0 radical (unpaired) electrons. The fourth-order valence-electron chi connectivity index (χ4n) is 1.49. The van der Waals surface area contributed by atoms with Crippen LogP contribution in [0, 0.1) is 0 Å². The maximum absolute atomic E-state index is 9.55. The first kappa shape index (κ1) is 10.0. The molecule has 1 N–H and O–H groups in total. The van der Waals surface area contributed by atoms with Gasteiger partial charge in [0.05, 0.1) is 6.10 Å². The predicted molar refractivity (Wildman–Crippen MR) is 55.7 cm³/mol. The van der Waals surface area contributed by atoms with Crippen LogP contribution in [-0.4, -0.2) is 11.2 Å². The van der Waals surface area contributed by atoms with Crippen molar-refractivity contribution in [1.82, 2.24) is 0 Å². The van der Waals surface area contributed by atoms with Crippen LogP contribution in [0.4, 0.5) is 0 Å². The van der Waals surface area contributed by atoms with Gasteiger partial charge in [0.2, 0.25) is 0 Å². The van der Waals surface area contributed by atoms with Crippen LogP contribution in [0.2, 0.25) is 0 Å². The molecule has 1 heteroatoms. The number of hydrogen-bond donors (Lipinski definition) is 1. The van der Waals surface area contributed by atoms with Gasteiger partial charge in [-0.05, 0) is 18.9 Å². The van der Waals surface area contributed by atoms with E-state index in [0.29, 0.717) is 0 Å². The predicted octanol–water partition coefficient (Wildman–Crippen LogP) is 2.73. The molecule has 0 amide bonds. The fourth-order valence-corrected chi connectivity index (χ4v) is 1.49. The topological polar surface area (TPSA) is 20.2 Å². The Morgan fingerprint density at radius 3 is 2.46 bits per heavy atom. The Hall–Kier alpha value is -1.08. The summed E-state index contributed by atoms with van der Waals surface area (Å²) >= 11 is 0. The molecule has 0 saturated carbocycles. The second-order valence-corrected chi connectivity index (χ2v) is 3.28. The maximum Gasteiger partial charge on any atom is 0.0583 e. The minimum absolute atomic E-state index is 0.179. The summed E-state index contributed by atoms with van der Waals surface area (Å²) in [6.07, 6.45) is 2.35. The number of aliphatic hydroxyl groups excluding tert-OH is 1. The smallest absolute Gasteiger partial charge is 0.0583 e. The zero-order valence-electron chi connectivity index (χ0n) is 7.98. The van der Waals surface area contributed by atoms with Crippen LogP contribution in [-0.2, 0) is 0 Å². The highest BCUT2D eigenvalue weighted by Crippen LogP contribution is 2.23. The summed E-state index contributed by atoms with van der Waals surface area (Å²) in [7, 11) is 0. The molecule has 0 fully saturated rings. The minimum atomic E-state index is -0.319. The van der Waals surface area contributed by atoms with Crippen LogP contribution in [0.5, 0.6) is 0 Å². The van der Waals surface area contributed by atoms with E-state index in [1.165, 1.54) is 5.56 Å². The number of aliphatic hydroxyl groups is 1. The van der Waals surface area contributed by atoms with Crippen molar-refractivity contribution in [2.75, 3.05) is 0 Å². The van der Waals surface area contributed by atoms with E-state index in [1.54, 1.807) is 0 Å². The quantitative estimate of drug-likeness (QED) is 0.699. The SMILES string of the molecule is C=CC[C@H](c1ccccc1)[C@H](C)O. The molecule has 0 aliphatic heterocycles. The third-order valence-corrected chi connectivity index (χ3v) is 2.23. The average molecular weight is 176 g/mol. The van der Waals surface area contributed by atoms with E-state index in [2.05, 4.69) is 6.58 Å². The first-order chi connectivity index (χ1) is 6.25. The van der Waals surface area contributed by atoms with Crippen LogP contribution in [0.15, 0.2) is 43.0 Å². The van der Waals surface area contributed by atoms with Crippen molar-refractivity contribution in [2.45, 2.75) is 25.4 Å². The van der Waals surface area contributed by atoms with Gasteiger partial charge in [0.15, 0.2) is 0 Å². The molecule has 0 heterocycles. The summed E-state index contributed by atoms with van der Waals surface area (Å²) < 4.78 is 0. The number of benzene rings is 1. The number of hydrogen-bond acceptors (Lipinski definition) is 1. The zero-order valence-corrected chi connectivity index (χ0v) is 7.98. The fraction of sp³-hybridized carbons (Fsp3) is 0.333. The van der Waals surface area contributed by atoms with Gasteiger partial charge in [-0.1, -0.05) is 36.4 Å². The molecule has 0 aliphatic rings. The van der Waals surface area contributed by atoms with E-state index in [0.717, 1.165) is 6.42 Å². The Labute approximate surface area is 79.7 Å². The molecule has 1 rings (SSSR count). The molecule has 0 aromatic heterocycles. The zero-order chi connectivity index (χ0) is 9.68. The van der Waals surface area contributed by atoms with Crippen molar-refractivity contribution < 1.29 is 5.11 Å². The molecular formula is C12H16O. The molecule has 13 heavy (non-hydrogen) atoms. The Bertz CT molecular complexity index is 251. The molecule has 0 saturated heterocycles. The van der Waals surface area contributed by atoms with Gasteiger partial charge in [-0.15, -0.1) is 6.58 Å². The Morgan fingerprint density at radius 1 is 1.38 bits per heavy atom. The Kier molecular flexibility index (Phi) is 3.71. The van der Waals surface area contributed by atoms with Crippen molar-refractivity contribution in [3.63, 3.8) is 0 Å². The van der Waals surface area contributed by atoms with Crippen LogP contribution in [0.3, 0.4) is 0 Å². The Morgan fingerprint density at radius 2 is 2.00 bits per heavy atom. The van der Waals surface area contributed by atoms with Crippen LogP contribution < -0.4 is 0 Å². The molecule has 1 aromatic rings. The second-order valence-electron chi connectivity index (χ2n) is 3.28. The third kappa shape index (κ3) is 2.71. The van der Waals surface area contributed by atoms with E-state index >= 15 is 0 Å². The van der Waals surface area contributed by atoms with E-state index in [1.807, 2.05) is 43.3 Å². The third-order valence-electron chi connectivity index (χ3n) is 2.23. The van der Waals surface area contributed by atoms with Gasteiger partial charge in [-0.3, -0.25) is 0 Å². The lowest BCUT2D eigenvalue weighted by atomic mass is 9.91. The standard InChI is InChI=1S/C12H16O/c1-3-7-12(10(2)13)11-8-5-4-6-9-11/h3-6,8-10,12-13H,1,7H2,2H3/t10-,12-/m0/s1. The summed E-state index contributed by atoms with van der Waals surface area (Å²) in [4.78, 5) is 0. The van der Waals surface area contributed by atoms with Crippen LogP contribution >= 0.6 is 0 Å². The van der Waals surface area contributed by atoms with Crippen molar-refractivity contribution in [1.29, 1.82) is 0 Å². The van der Waals surface area contributed by atoms with E-state index < -0.39 is 0 Å². The minimum Gasteiger partial charge on any atom is -0.393 e. The molecule has 70 valence electrons. The summed E-state index contributed by atoms with van der Waals surface area (Å²) in [5, 5.41) is 9.55. The maximum atomic E-state index is 9.55. The molecule has 0 aliphatic carbocycles. The van der Waals surface area contributed by atoms with Gasteiger partial charge in [0.25, 0.3) is 0 Å². The van der Waals surface area contributed by atoms with Crippen LogP contribution in [0.25, 0.3) is 0 Å². The first-order valence-electron chi connectivity index (χ1n) is 4.59. The molecule has 1 aromatic carbocycles. The largest absolute Gasteiger partial charge is 0.393 e. The summed E-state index contributed by atoms with van der Waals surface area (Å²) in [6, 6.07) is 10.1. The van der Waals surface area contributed by atoms with Gasteiger partial charge >= 0.3 is 0 Å². The normalized spacial score (nSPS) is 14.9. The molecule has 0 bridgehead atoms. The van der Waals surface area contributed by atoms with E-state index in [-0.39, 0.29) is 12.0 Å². The highest BCUT2D eigenvalue weighted by atomic mass is 16.3. The van der Waals surface area contributed by atoms with E-state index in [4.69, 9.17) is 0 Å². The van der Waals surface area contributed by atoms with Crippen molar-refractivity contribution in [3.8, 4) is 0 Å². The highest BCUT2D eigenvalue weighted by Gasteiger charge is 2.14. The molecule has 2 atom stereocenters. The van der Waals surface area contributed by atoms with Gasteiger partial charge in [-0.2, -0.15) is 0 Å². The van der Waals surface area contributed by atoms with E-state index in [9.17, 15) is 5.11 Å². The van der Waals surface area contributed by atoms with Crippen LogP contribution in [0.1, 0.15) is 24.8 Å². The lowest BCUT2D eigenvalue weighted by molar-refractivity contribution is 0.162. The number of rotatable bonds is 4. The highest BCUT2D eigenvalue weighted by molar-refractivity contribution is 5.21. The Balaban J connectivity index is 2.82. The molecule has 1 nitrogen and oxygen atoms in total. The van der Waals surface area contributed by atoms with Gasteiger partial charge in [0.1, 0.15) is 0 Å². The van der Waals surface area contributed by atoms with Gasteiger partial charge in [0, 0.05) is 5.92 Å². The first-order valence-corrected chi connectivity index (χ1v) is 4.59. The lowest BCUT2D eigenvalue weighted by Crippen LogP contribution is -2.13.